The number of hydrogen-bond donors (Lipinski definition) is 25. The molecule has 29 N–H and O–H groups in total. The van der Waals surface area contributed by atoms with E-state index in [0.717, 1.165) is 61.2 Å². The van der Waals surface area contributed by atoms with Crippen LogP contribution in [-0.4, -0.2) is 214 Å². The van der Waals surface area contributed by atoms with Crippen molar-refractivity contribution < 1.29 is 65.4 Å². The highest BCUT2D eigenvalue weighted by Crippen LogP contribution is 2.33. The van der Waals surface area contributed by atoms with Gasteiger partial charge < -0.3 is 137 Å². The number of aromatic hydroxyl groups is 10. The molecular formula is C105H135N15O13. The zero-order chi connectivity index (χ0) is 94.1. The van der Waals surface area contributed by atoms with E-state index in [0.29, 0.717) is 161 Å². The number of carbonyl (C=O) groups excluding carboxylic acids is 2. The fourth-order valence-electron chi connectivity index (χ4n) is 16.3. The number of phenolic OH excluding ortho intramolecular Hbond substituents is 10. The second kappa shape index (κ2) is 54.0. The van der Waals surface area contributed by atoms with Crippen molar-refractivity contribution in [2.75, 3.05) is 85.1 Å². The topological polar surface area (TPSA) is 482 Å². The van der Waals surface area contributed by atoms with Crippen molar-refractivity contribution in [2.45, 2.75) is 150 Å². The molecule has 11 aromatic rings. The molecule has 2 amide bonds. The number of benzene rings is 11. The number of amides is 2. The van der Waals surface area contributed by atoms with Gasteiger partial charge in [0, 0.05) is 164 Å². The number of ether oxygens (including phenoxy) is 1. The van der Waals surface area contributed by atoms with E-state index < -0.39 is 5.91 Å². The first-order chi connectivity index (χ1) is 64.3. The second-order valence-electron chi connectivity index (χ2n) is 35.1. The molecule has 11 atom stereocenters. The average Bonchev–Trinajstić information content (AvgIpc) is 0.673. The average molecular weight is 1820 g/mol. The molecule has 0 saturated carbocycles. The molecule has 28 nitrogen and oxygen atoms in total. The van der Waals surface area contributed by atoms with Gasteiger partial charge in [-0.15, -0.1) is 0 Å². The van der Waals surface area contributed by atoms with Crippen molar-refractivity contribution in [3.63, 3.8) is 0 Å². The van der Waals surface area contributed by atoms with Crippen molar-refractivity contribution >= 4 is 11.8 Å². The second-order valence-corrected chi connectivity index (χ2v) is 35.1. The lowest BCUT2D eigenvalue weighted by atomic mass is 10.0. The molecule has 0 radical (unpaired) electrons. The van der Waals surface area contributed by atoms with Crippen LogP contribution in [0.3, 0.4) is 0 Å². The van der Waals surface area contributed by atoms with E-state index in [1.165, 1.54) is 0 Å². The van der Waals surface area contributed by atoms with Crippen LogP contribution in [-0.2, 0) is 80.2 Å². The molecule has 0 heterocycles. The number of carbonyl (C=O) groups is 2. The van der Waals surface area contributed by atoms with Gasteiger partial charge in [0.05, 0.1) is 0 Å². The number of phenols is 10. The third-order valence-corrected chi connectivity index (χ3v) is 23.7. The van der Waals surface area contributed by atoms with Crippen LogP contribution in [0.15, 0.2) is 261 Å². The van der Waals surface area contributed by atoms with E-state index in [2.05, 4.69) is 58.5 Å². The molecule has 0 saturated heterocycles. The summed E-state index contributed by atoms with van der Waals surface area (Å²) in [6, 6.07) is 76.0. The van der Waals surface area contributed by atoms with Gasteiger partial charge in [0.15, 0.2) is 11.5 Å². The van der Waals surface area contributed by atoms with E-state index in [1.807, 2.05) is 146 Å². The van der Waals surface area contributed by atoms with Crippen LogP contribution in [0.2, 0.25) is 0 Å². The molecule has 0 aliphatic carbocycles. The van der Waals surface area contributed by atoms with Gasteiger partial charge in [-0.2, -0.15) is 0 Å². The first-order valence-electron chi connectivity index (χ1n) is 46.0. The number of nitrogens with two attached hydrogens (primary N) is 4. The van der Waals surface area contributed by atoms with E-state index in [4.69, 9.17) is 27.7 Å². The molecule has 0 aliphatic heterocycles. The summed E-state index contributed by atoms with van der Waals surface area (Å²) >= 11 is 0. The van der Waals surface area contributed by atoms with Crippen LogP contribution in [0.25, 0.3) is 0 Å². The minimum atomic E-state index is -0.398. The van der Waals surface area contributed by atoms with Gasteiger partial charge in [-0.25, -0.2) is 0 Å². The highest BCUT2D eigenvalue weighted by Gasteiger charge is 2.25. The minimum absolute atomic E-state index is 0.0462. The molecular weight excluding hydrogens is 1680 g/mol. The van der Waals surface area contributed by atoms with Crippen LogP contribution >= 0.6 is 0 Å². The largest absolute Gasteiger partial charge is 0.508 e. The summed E-state index contributed by atoms with van der Waals surface area (Å²) in [6.45, 7) is 6.43. The summed E-state index contributed by atoms with van der Waals surface area (Å²) in [5.74, 6) is 1.45. The molecule has 0 fully saturated rings. The van der Waals surface area contributed by atoms with Crippen LogP contribution in [0.5, 0.6) is 69.0 Å². The van der Waals surface area contributed by atoms with Crippen LogP contribution in [0, 0.1) is 0 Å². The molecule has 0 bridgehead atoms. The van der Waals surface area contributed by atoms with Crippen molar-refractivity contribution in [3.05, 3.63) is 322 Å². The first-order valence-corrected chi connectivity index (χ1v) is 46.0. The first kappa shape index (κ1) is 101. The number of hydrogen-bond acceptors (Lipinski definition) is 26. The highest BCUT2D eigenvalue weighted by atomic mass is 16.5. The highest BCUT2D eigenvalue weighted by molar-refractivity contribution is 5.74. The molecule has 0 aliphatic rings. The normalized spacial score (nSPS) is 14.1. The lowest BCUT2D eigenvalue weighted by Crippen LogP contribution is -2.53. The van der Waals surface area contributed by atoms with Crippen LogP contribution in [0.4, 0.5) is 0 Å². The lowest BCUT2D eigenvalue weighted by molar-refractivity contribution is -0.118. The summed E-state index contributed by atoms with van der Waals surface area (Å²) in [4.78, 5) is 23.5. The van der Waals surface area contributed by atoms with E-state index >= 15 is 0 Å². The van der Waals surface area contributed by atoms with Gasteiger partial charge in [-0.3, -0.25) is 9.59 Å². The van der Waals surface area contributed by atoms with E-state index in [1.54, 1.807) is 115 Å². The number of nitrogens with one attached hydrogen (secondary N) is 11. The molecule has 133 heavy (non-hydrogen) atoms. The zero-order valence-corrected chi connectivity index (χ0v) is 75.6. The van der Waals surface area contributed by atoms with Gasteiger partial charge in [-0.1, -0.05) is 127 Å². The smallest absolute Gasteiger partial charge is 0.218 e. The summed E-state index contributed by atoms with van der Waals surface area (Å²) in [6.07, 6.45) is 6.85. The fourth-order valence-corrected chi connectivity index (χ4v) is 16.3. The Morgan fingerprint density at radius 1 is 0.233 bits per heavy atom. The minimum Gasteiger partial charge on any atom is -0.508 e. The maximum absolute atomic E-state index is 11.8. The van der Waals surface area contributed by atoms with Gasteiger partial charge in [0.2, 0.25) is 11.8 Å². The van der Waals surface area contributed by atoms with Gasteiger partial charge >= 0.3 is 0 Å². The summed E-state index contributed by atoms with van der Waals surface area (Å²) in [7, 11) is 0. The Morgan fingerprint density at radius 3 is 0.632 bits per heavy atom. The van der Waals surface area contributed by atoms with Crippen molar-refractivity contribution in [1.82, 2.24) is 58.5 Å². The SMILES string of the molecule is NC(=O)CCNC[C@@H](Cc1ccc(O)cc1)NC[C@@H](Cc1ccc(O)cc1)NC[C@@H](Cc1ccc(O)c(Oc2ccc(C[C@@H](N)CN[C@@H](CN[C@@H](CN[C@@H](CN[C@@H](CN[C@@H](CNCCC(N)=O)Cc3ccc(O)cc3)Cc3ccc(O)cc3)Cc3ccc(O)cc3)Cc3ccc(O)cc3)Cc3ccc(O)cc3)cc2)c1)NC[C@@H](Cc1ccc(O)cc1)NC[C@H](N)Cc1ccc(O)cc1. The van der Waals surface area contributed by atoms with E-state index in [9.17, 15) is 60.7 Å². The molecule has 0 aromatic heterocycles. The Balaban J connectivity index is 0.774. The van der Waals surface area contributed by atoms with Crippen LogP contribution in [0.1, 0.15) is 74.0 Å². The zero-order valence-electron chi connectivity index (χ0n) is 75.6. The summed E-state index contributed by atoms with van der Waals surface area (Å²) in [5.41, 5.74) is 35.9. The van der Waals surface area contributed by atoms with Crippen molar-refractivity contribution in [1.29, 1.82) is 0 Å². The Hall–Kier alpha value is -12.4. The Bertz CT molecular complexity index is 5200. The fraction of sp³-hybridized carbons (Fsp3) is 0.352. The lowest BCUT2D eigenvalue weighted by Gasteiger charge is -2.29. The molecule has 11 aromatic carbocycles. The Labute approximate surface area is 780 Å². The Morgan fingerprint density at radius 2 is 0.414 bits per heavy atom. The predicted octanol–water partition coefficient (Wildman–Crippen LogP) is 8.01. The van der Waals surface area contributed by atoms with Gasteiger partial charge in [-0.05, 0) is 265 Å². The van der Waals surface area contributed by atoms with E-state index in [-0.39, 0.29) is 148 Å². The quantitative estimate of drug-likeness (QED) is 0.0160. The summed E-state index contributed by atoms with van der Waals surface area (Å²) in [5, 5.41) is 146. The van der Waals surface area contributed by atoms with Gasteiger partial charge in [0.25, 0.3) is 0 Å². The monoisotopic (exact) mass is 1810 g/mol. The number of rotatable bonds is 61. The van der Waals surface area contributed by atoms with Gasteiger partial charge in [0.1, 0.15) is 57.5 Å². The van der Waals surface area contributed by atoms with Crippen molar-refractivity contribution in [2.24, 2.45) is 22.9 Å². The maximum atomic E-state index is 11.8. The molecule has 11 rings (SSSR count). The number of primary amides is 2. The standard InChI is InChI=1S/C105H135N15O13/c106-81(47-70-1-22-92(121)23-2-70)59-112-86(52-75-9-30-96(125)31-10-75)64-120-91(69-119-88(54-77-13-34-98(127)35-14-77)66-115-84(62-111-46-44-105(109)132)50-73-5-26-94(123)27-6-73)57-80-21-42-102(130)103(58-80)133-101-40-19-71(20-41-101)48-82(107)60-113-85(51-74-7-28-95(124)29-8-74)63-116-89(55-78-15-36-99(128)37-16-78)67-118-90(56-79-17-38-100(129)39-18-79)68-117-87(53-76-11-32-97(126)33-12-76)65-114-83(61-110-45-43-104(108)131)49-72-3-24-93(122)25-4-72/h1-42,58,81-91,110-130H,43-57,59-69,106-107H2,(H2,108,131)(H2,109,132)/t81-,82-,83-,84-,85-,86-,87-,88-,89-,90-,91-/m1/s1. The van der Waals surface area contributed by atoms with Crippen LogP contribution < -0.4 is 86.2 Å². The molecule has 0 spiro atoms. The predicted molar refractivity (Wildman–Crippen MR) is 524 cm³/mol. The molecule has 0 unspecified atom stereocenters. The van der Waals surface area contributed by atoms with Crippen molar-refractivity contribution in [3.8, 4) is 69.0 Å². The third kappa shape index (κ3) is 38.4. The summed E-state index contributed by atoms with van der Waals surface area (Å²) < 4.78 is 6.55. The molecule has 28 heteroatoms. The Kier molecular flexibility index (Phi) is 41.1. The molecule has 708 valence electrons. The maximum Gasteiger partial charge on any atom is 0.218 e. The third-order valence-electron chi connectivity index (χ3n) is 23.7.